The van der Waals surface area contributed by atoms with Gasteiger partial charge in [0.05, 0.1) is 11.3 Å². The van der Waals surface area contributed by atoms with Crippen molar-refractivity contribution in [3.05, 3.63) is 29.3 Å². The molecule has 1 rings (SSSR count). The summed E-state index contributed by atoms with van der Waals surface area (Å²) in [6.45, 7) is 3.66. The molecule has 0 saturated heterocycles. The van der Waals surface area contributed by atoms with Crippen molar-refractivity contribution in [1.29, 1.82) is 0 Å². The monoisotopic (exact) mass is 264 g/mol. The van der Waals surface area contributed by atoms with E-state index in [0.717, 1.165) is 25.1 Å². The van der Waals surface area contributed by atoms with Crippen molar-refractivity contribution in [3.63, 3.8) is 0 Å². The molecule has 5 heteroatoms. The first kappa shape index (κ1) is 15.5. The molecule has 106 valence electrons. The van der Waals surface area contributed by atoms with Gasteiger partial charge in [-0.1, -0.05) is 11.6 Å². The van der Waals surface area contributed by atoms with Crippen LogP contribution in [0.3, 0.4) is 0 Å². The van der Waals surface area contributed by atoms with Crippen molar-refractivity contribution >= 4 is 11.6 Å². The molecular formula is C14H24N4O. The van der Waals surface area contributed by atoms with Crippen LogP contribution in [-0.4, -0.2) is 49.9 Å². The van der Waals surface area contributed by atoms with Gasteiger partial charge in [0.25, 0.3) is 5.91 Å². The number of aryl methyl sites for hydroxylation is 1. The molecule has 0 aliphatic rings. The Bertz CT molecular complexity index is 431. The van der Waals surface area contributed by atoms with E-state index in [-0.39, 0.29) is 5.91 Å². The van der Waals surface area contributed by atoms with E-state index in [1.165, 1.54) is 0 Å². The summed E-state index contributed by atoms with van der Waals surface area (Å²) in [5, 5.41) is 0. The van der Waals surface area contributed by atoms with Crippen LogP contribution in [0.2, 0.25) is 0 Å². The van der Waals surface area contributed by atoms with Gasteiger partial charge < -0.3 is 15.2 Å². The van der Waals surface area contributed by atoms with Crippen LogP contribution in [-0.2, 0) is 0 Å². The topological polar surface area (TPSA) is 61.6 Å². The first-order valence-corrected chi connectivity index (χ1v) is 6.43. The Hall–Kier alpha value is -1.59. The van der Waals surface area contributed by atoms with Gasteiger partial charge in [-0.05, 0) is 46.1 Å². The van der Waals surface area contributed by atoms with E-state index >= 15 is 0 Å². The van der Waals surface area contributed by atoms with Gasteiger partial charge in [0.1, 0.15) is 0 Å². The second kappa shape index (κ2) is 7.11. The number of nitrogens with zero attached hydrogens (tertiary/aromatic N) is 2. The predicted molar refractivity (Wildman–Crippen MR) is 79.1 cm³/mol. The Kier molecular flexibility index (Phi) is 5.79. The van der Waals surface area contributed by atoms with Gasteiger partial charge in [-0.25, -0.2) is 0 Å². The molecule has 1 aromatic rings. The highest BCUT2D eigenvalue weighted by Gasteiger charge is 2.15. The number of hydrazine groups is 1. The smallest absolute Gasteiger partial charge is 0.255 e. The van der Waals surface area contributed by atoms with Gasteiger partial charge in [-0.2, -0.15) is 0 Å². The Morgan fingerprint density at radius 3 is 2.53 bits per heavy atom. The van der Waals surface area contributed by atoms with E-state index < -0.39 is 0 Å². The van der Waals surface area contributed by atoms with E-state index in [0.29, 0.717) is 11.3 Å². The Labute approximate surface area is 115 Å². The van der Waals surface area contributed by atoms with E-state index in [9.17, 15) is 4.79 Å². The number of nitrogens with one attached hydrogen (secondary N) is 1. The van der Waals surface area contributed by atoms with Crippen molar-refractivity contribution in [2.75, 3.05) is 39.7 Å². The van der Waals surface area contributed by atoms with Crippen LogP contribution in [0.5, 0.6) is 0 Å². The molecule has 0 aliphatic heterocycles. The molecule has 0 bridgehead atoms. The van der Waals surface area contributed by atoms with E-state index in [4.69, 9.17) is 5.84 Å². The van der Waals surface area contributed by atoms with Crippen LogP contribution < -0.4 is 11.3 Å². The molecule has 0 saturated carbocycles. The van der Waals surface area contributed by atoms with Gasteiger partial charge in [0, 0.05) is 13.6 Å². The molecule has 1 amide bonds. The molecule has 0 atom stereocenters. The van der Waals surface area contributed by atoms with Crippen molar-refractivity contribution in [2.24, 2.45) is 5.84 Å². The third kappa shape index (κ3) is 4.54. The molecular weight excluding hydrogens is 240 g/mol. The number of amides is 1. The summed E-state index contributed by atoms with van der Waals surface area (Å²) >= 11 is 0. The molecule has 0 unspecified atom stereocenters. The molecule has 0 aliphatic carbocycles. The number of hydrogen-bond acceptors (Lipinski definition) is 4. The maximum Gasteiger partial charge on any atom is 0.255 e. The number of nitrogen functional groups attached to an aromatic ring is 1. The first-order valence-electron chi connectivity index (χ1n) is 6.43. The summed E-state index contributed by atoms with van der Waals surface area (Å²) in [4.78, 5) is 16.2. The summed E-state index contributed by atoms with van der Waals surface area (Å²) in [6, 6.07) is 5.62. The third-order valence-corrected chi connectivity index (χ3v) is 3.01. The maximum absolute atomic E-state index is 12.4. The Morgan fingerprint density at radius 2 is 1.95 bits per heavy atom. The Balaban J connectivity index is 2.73. The molecule has 5 nitrogen and oxygen atoms in total. The Morgan fingerprint density at radius 1 is 1.26 bits per heavy atom. The highest BCUT2D eigenvalue weighted by Crippen LogP contribution is 2.18. The number of carbonyl (C=O) groups excluding carboxylic acids is 1. The van der Waals surface area contributed by atoms with Gasteiger partial charge in [-0.3, -0.25) is 10.6 Å². The summed E-state index contributed by atoms with van der Waals surface area (Å²) < 4.78 is 0. The second-order valence-corrected chi connectivity index (χ2v) is 5.08. The quantitative estimate of drug-likeness (QED) is 0.600. The number of hydrogen-bond donors (Lipinski definition) is 2. The lowest BCUT2D eigenvalue weighted by Gasteiger charge is -2.20. The van der Waals surface area contributed by atoms with Crippen LogP contribution in [0.15, 0.2) is 18.2 Å². The SMILES string of the molecule is Cc1ccc(NN)c(C(=O)N(C)CCCN(C)C)c1. The van der Waals surface area contributed by atoms with E-state index in [1.807, 2.05) is 46.3 Å². The van der Waals surface area contributed by atoms with Crippen LogP contribution in [0, 0.1) is 6.92 Å². The van der Waals surface area contributed by atoms with Crippen molar-refractivity contribution in [1.82, 2.24) is 9.80 Å². The fraction of sp³-hybridized carbons (Fsp3) is 0.500. The summed E-state index contributed by atoms with van der Waals surface area (Å²) in [5.74, 6) is 5.45. The summed E-state index contributed by atoms with van der Waals surface area (Å²) in [5.41, 5.74) is 4.90. The zero-order valence-electron chi connectivity index (χ0n) is 12.2. The second-order valence-electron chi connectivity index (χ2n) is 5.08. The average Bonchev–Trinajstić information content (AvgIpc) is 2.37. The van der Waals surface area contributed by atoms with Gasteiger partial charge >= 0.3 is 0 Å². The highest BCUT2D eigenvalue weighted by atomic mass is 16.2. The number of anilines is 1. The first-order chi connectivity index (χ1) is 8.95. The fourth-order valence-electron chi connectivity index (χ4n) is 1.89. The van der Waals surface area contributed by atoms with Crippen molar-refractivity contribution in [2.45, 2.75) is 13.3 Å². The maximum atomic E-state index is 12.4. The molecule has 0 fully saturated rings. The normalized spacial score (nSPS) is 10.6. The molecule has 0 heterocycles. The summed E-state index contributed by atoms with van der Waals surface area (Å²) in [7, 11) is 5.87. The lowest BCUT2D eigenvalue weighted by molar-refractivity contribution is 0.0791. The van der Waals surface area contributed by atoms with Gasteiger partial charge in [0.15, 0.2) is 0 Å². The number of benzene rings is 1. The van der Waals surface area contributed by atoms with E-state index in [2.05, 4.69) is 10.3 Å². The van der Waals surface area contributed by atoms with Crippen LogP contribution in [0.4, 0.5) is 5.69 Å². The van der Waals surface area contributed by atoms with Crippen LogP contribution in [0.25, 0.3) is 0 Å². The zero-order valence-corrected chi connectivity index (χ0v) is 12.2. The molecule has 0 radical (unpaired) electrons. The van der Waals surface area contributed by atoms with Gasteiger partial charge in [0.2, 0.25) is 0 Å². The number of carbonyl (C=O) groups is 1. The number of nitrogens with two attached hydrogens (primary N) is 1. The summed E-state index contributed by atoms with van der Waals surface area (Å²) in [6.07, 6.45) is 0.951. The molecule has 0 aromatic heterocycles. The minimum Gasteiger partial charge on any atom is -0.342 e. The lowest BCUT2D eigenvalue weighted by atomic mass is 10.1. The zero-order chi connectivity index (χ0) is 14.4. The van der Waals surface area contributed by atoms with Crippen LogP contribution in [0.1, 0.15) is 22.3 Å². The van der Waals surface area contributed by atoms with Crippen molar-refractivity contribution in [3.8, 4) is 0 Å². The largest absolute Gasteiger partial charge is 0.342 e. The minimum absolute atomic E-state index is 0.00425. The highest BCUT2D eigenvalue weighted by molar-refractivity contribution is 5.99. The van der Waals surface area contributed by atoms with Crippen LogP contribution >= 0.6 is 0 Å². The van der Waals surface area contributed by atoms with E-state index in [1.54, 1.807) is 4.90 Å². The third-order valence-electron chi connectivity index (χ3n) is 3.01. The number of rotatable bonds is 6. The average molecular weight is 264 g/mol. The predicted octanol–water partition coefficient (Wildman–Crippen LogP) is 1.30. The lowest BCUT2D eigenvalue weighted by Crippen LogP contribution is -2.30. The van der Waals surface area contributed by atoms with Crippen molar-refractivity contribution < 1.29 is 4.79 Å². The minimum atomic E-state index is -0.00425. The fourth-order valence-corrected chi connectivity index (χ4v) is 1.89. The molecule has 1 aromatic carbocycles. The molecule has 3 N–H and O–H groups in total. The van der Waals surface area contributed by atoms with Gasteiger partial charge in [-0.15, -0.1) is 0 Å². The molecule has 19 heavy (non-hydrogen) atoms. The molecule has 0 spiro atoms. The standard InChI is InChI=1S/C14H24N4O/c1-11-6-7-13(16-15)12(10-11)14(19)18(4)9-5-8-17(2)3/h6-7,10,16H,5,8-9,15H2,1-4H3.